The molecule has 2 aromatic rings. The van der Waals surface area contributed by atoms with Crippen molar-refractivity contribution >= 4 is 10.9 Å². The summed E-state index contributed by atoms with van der Waals surface area (Å²) in [5.74, 6) is 0.746. The second-order valence-corrected chi connectivity index (χ2v) is 5.66. The van der Waals surface area contributed by atoms with Gasteiger partial charge in [0.2, 0.25) is 0 Å². The first kappa shape index (κ1) is 15.0. The Hall–Kier alpha value is -1.41. The summed E-state index contributed by atoms with van der Waals surface area (Å²) in [7, 11) is 0. The third kappa shape index (κ3) is 3.57. The lowest BCUT2D eigenvalue weighted by atomic mass is 9.91. The second kappa shape index (κ2) is 7.39. The lowest BCUT2D eigenvalue weighted by Gasteiger charge is -2.23. The molecular formula is C18H26N2. The second-order valence-electron chi connectivity index (χ2n) is 5.66. The maximum atomic E-state index is 4.47. The number of benzene rings is 1. The van der Waals surface area contributed by atoms with Gasteiger partial charge >= 0.3 is 0 Å². The molecule has 0 saturated carbocycles. The van der Waals surface area contributed by atoms with Crippen molar-refractivity contribution in [3.63, 3.8) is 0 Å². The highest BCUT2D eigenvalue weighted by molar-refractivity contribution is 5.82. The Kier molecular flexibility index (Phi) is 5.54. The lowest BCUT2D eigenvalue weighted by Crippen LogP contribution is -2.23. The average molecular weight is 270 g/mol. The van der Waals surface area contributed by atoms with Crippen LogP contribution in [0.15, 0.2) is 36.5 Å². The monoisotopic (exact) mass is 270 g/mol. The molecular weight excluding hydrogens is 244 g/mol. The quantitative estimate of drug-likeness (QED) is 0.788. The van der Waals surface area contributed by atoms with Gasteiger partial charge in [-0.2, -0.15) is 0 Å². The molecule has 20 heavy (non-hydrogen) atoms. The van der Waals surface area contributed by atoms with E-state index in [0.717, 1.165) is 18.0 Å². The van der Waals surface area contributed by atoms with Crippen LogP contribution in [0.2, 0.25) is 0 Å². The first-order valence-corrected chi connectivity index (χ1v) is 7.83. The first-order chi connectivity index (χ1) is 9.76. The van der Waals surface area contributed by atoms with Gasteiger partial charge in [-0.1, -0.05) is 51.8 Å². The van der Waals surface area contributed by atoms with Crippen molar-refractivity contribution < 1.29 is 0 Å². The normalized spacial score (nSPS) is 14.3. The highest BCUT2D eigenvalue weighted by Crippen LogP contribution is 2.28. The largest absolute Gasteiger partial charge is 0.310 e. The van der Waals surface area contributed by atoms with Gasteiger partial charge in [0.25, 0.3) is 0 Å². The highest BCUT2D eigenvalue weighted by Gasteiger charge is 2.16. The Balaban J connectivity index is 2.31. The predicted octanol–water partition coefficient (Wildman–Crippen LogP) is 4.71. The van der Waals surface area contributed by atoms with Gasteiger partial charge in [-0.25, -0.2) is 0 Å². The van der Waals surface area contributed by atoms with E-state index in [0.29, 0.717) is 6.04 Å². The smallest absolute Gasteiger partial charge is 0.0705 e. The van der Waals surface area contributed by atoms with Crippen molar-refractivity contribution in [2.24, 2.45) is 5.92 Å². The molecule has 0 aliphatic rings. The lowest BCUT2D eigenvalue weighted by molar-refractivity contribution is 0.397. The number of aromatic nitrogens is 1. The summed E-state index contributed by atoms with van der Waals surface area (Å²) in [5.41, 5.74) is 2.48. The van der Waals surface area contributed by atoms with Crippen molar-refractivity contribution in [2.75, 3.05) is 6.54 Å². The van der Waals surface area contributed by atoms with Gasteiger partial charge in [0.05, 0.1) is 5.52 Å². The molecule has 1 heterocycles. The molecule has 0 fully saturated rings. The maximum absolute atomic E-state index is 4.47. The molecule has 0 amide bonds. The molecule has 0 bridgehead atoms. The molecule has 0 aliphatic carbocycles. The summed E-state index contributed by atoms with van der Waals surface area (Å²) >= 11 is 0. The average Bonchev–Trinajstić information content (AvgIpc) is 2.46. The van der Waals surface area contributed by atoms with Crippen molar-refractivity contribution in [1.29, 1.82) is 0 Å². The summed E-state index contributed by atoms with van der Waals surface area (Å²) in [5, 5.41) is 4.93. The van der Waals surface area contributed by atoms with Crippen LogP contribution in [-0.4, -0.2) is 11.5 Å². The van der Waals surface area contributed by atoms with Gasteiger partial charge in [-0.3, -0.25) is 4.98 Å². The van der Waals surface area contributed by atoms with E-state index in [4.69, 9.17) is 0 Å². The van der Waals surface area contributed by atoms with Crippen LogP contribution in [0.3, 0.4) is 0 Å². The minimum Gasteiger partial charge on any atom is -0.310 e. The van der Waals surface area contributed by atoms with E-state index in [1.165, 1.54) is 30.2 Å². The zero-order chi connectivity index (χ0) is 14.4. The SMILES string of the molecule is CCCC(C)CC(NCC)c1cccc2ncccc12. The fourth-order valence-corrected chi connectivity index (χ4v) is 3.01. The third-order valence-electron chi connectivity index (χ3n) is 3.92. The molecule has 0 spiro atoms. The summed E-state index contributed by atoms with van der Waals surface area (Å²) in [6.07, 6.45) is 5.62. The van der Waals surface area contributed by atoms with Crippen LogP contribution >= 0.6 is 0 Å². The highest BCUT2D eigenvalue weighted by atomic mass is 14.9. The molecule has 2 unspecified atom stereocenters. The number of nitrogens with one attached hydrogen (secondary N) is 1. The van der Waals surface area contributed by atoms with Crippen LogP contribution in [0.25, 0.3) is 10.9 Å². The Labute approximate surface area is 122 Å². The van der Waals surface area contributed by atoms with Crippen molar-refractivity contribution in [3.05, 3.63) is 42.1 Å². The van der Waals surface area contributed by atoms with Crippen LogP contribution in [0, 0.1) is 5.92 Å². The Bertz CT molecular complexity index is 530. The van der Waals surface area contributed by atoms with Crippen LogP contribution in [0.5, 0.6) is 0 Å². The molecule has 2 atom stereocenters. The summed E-state index contributed by atoms with van der Waals surface area (Å²) in [4.78, 5) is 4.47. The molecule has 1 N–H and O–H groups in total. The first-order valence-electron chi connectivity index (χ1n) is 7.83. The Morgan fingerprint density at radius 2 is 2.00 bits per heavy atom. The molecule has 108 valence electrons. The minimum atomic E-state index is 0.425. The summed E-state index contributed by atoms with van der Waals surface area (Å²) < 4.78 is 0. The van der Waals surface area contributed by atoms with Crippen LogP contribution in [0.1, 0.15) is 51.6 Å². The number of fused-ring (bicyclic) bond motifs is 1. The Morgan fingerprint density at radius 3 is 2.75 bits per heavy atom. The molecule has 2 rings (SSSR count). The van der Waals surface area contributed by atoms with E-state index in [-0.39, 0.29) is 0 Å². The maximum Gasteiger partial charge on any atom is 0.0705 e. The van der Waals surface area contributed by atoms with Gasteiger partial charge < -0.3 is 5.32 Å². The fourth-order valence-electron chi connectivity index (χ4n) is 3.01. The molecule has 2 nitrogen and oxygen atoms in total. The number of pyridine rings is 1. The minimum absolute atomic E-state index is 0.425. The predicted molar refractivity (Wildman–Crippen MR) is 86.8 cm³/mol. The van der Waals surface area contributed by atoms with E-state index in [9.17, 15) is 0 Å². The van der Waals surface area contributed by atoms with Gasteiger partial charge in [-0.05, 0) is 36.6 Å². The molecule has 2 heteroatoms. The van der Waals surface area contributed by atoms with Crippen LogP contribution in [0.4, 0.5) is 0 Å². The van der Waals surface area contributed by atoms with Crippen LogP contribution < -0.4 is 5.32 Å². The summed E-state index contributed by atoms with van der Waals surface area (Å²) in [6.45, 7) is 7.80. The van der Waals surface area contributed by atoms with Gasteiger partial charge in [0, 0.05) is 17.6 Å². The standard InChI is InChI=1S/C18H26N2/c1-4-8-14(3)13-18(19-5-2)16-9-6-11-17-15(16)10-7-12-20-17/h6-7,9-12,14,18-19H,4-5,8,13H2,1-3H3. The van der Waals surface area contributed by atoms with Crippen molar-refractivity contribution in [1.82, 2.24) is 10.3 Å². The molecule has 0 aliphatic heterocycles. The number of hydrogen-bond acceptors (Lipinski definition) is 2. The van der Waals surface area contributed by atoms with Gasteiger partial charge in [0.1, 0.15) is 0 Å². The zero-order valence-corrected chi connectivity index (χ0v) is 12.9. The van der Waals surface area contributed by atoms with E-state index in [1.54, 1.807) is 0 Å². The number of nitrogens with zero attached hydrogens (tertiary/aromatic N) is 1. The van der Waals surface area contributed by atoms with E-state index in [1.807, 2.05) is 12.3 Å². The van der Waals surface area contributed by atoms with E-state index in [2.05, 4.69) is 55.3 Å². The number of hydrogen-bond donors (Lipinski definition) is 1. The van der Waals surface area contributed by atoms with Crippen molar-refractivity contribution in [2.45, 2.75) is 46.1 Å². The molecule has 1 aromatic heterocycles. The van der Waals surface area contributed by atoms with E-state index >= 15 is 0 Å². The topological polar surface area (TPSA) is 24.9 Å². The molecule has 1 aromatic carbocycles. The molecule has 0 saturated heterocycles. The van der Waals surface area contributed by atoms with Gasteiger partial charge in [0.15, 0.2) is 0 Å². The number of rotatable bonds is 7. The zero-order valence-electron chi connectivity index (χ0n) is 12.9. The van der Waals surface area contributed by atoms with Crippen molar-refractivity contribution in [3.8, 4) is 0 Å². The molecule has 0 radical (unpaired) electrons. The van der Waals surface area contributed by atoms with Crippen LogP contribution in [-0.2, 0) is 0 Å². The summed E-state index contributed by atoms with van der Waals surface area (Å²) in [6, 6.07) is 11.1. The third-order valence-corrected chi connectivity index (χ3v) is 3.92. The fraction of sp³-hybridized carbons (Fsp3) is 0.500. The van der Waals surface area contributed by atoms with Gasteiger partial charge in [-0.15, -0.1) is 0 Å². The Morgan fingerprint density at radius 1 is 1.15 bits per heavy atom. The van der Waals surface area contributed by atoms with E-state index < -0.39 is 0 Å².